The van der Waals surface area contributed by atoms with Gasteiger partial charge in [0, 0.05) is 31.8 Å². The van der Waals surface area contributed by atoms with Crippen LogP contribution in [0.2, 0.25) is 0 Å². The van der Waals surface area contributed by atoms with Crippen LogP contribution in [0.25, 0.3) is 6.08 Å². The van der Waals surface area contributed by atoms with Gasteiger partial charge in [-0.3, -0.25) is 19.1 Å². The first-order valence-corrected chi connectivity index (χ1v) is 12.9. The Morgan fingerprint density at radius 2 is 1.97 bits per heavy atom. The summed E-state index contributed by atoms with van der Waals surface area (Å²) >= 11 is 6.78. The van der Waals surface area contributed by atoms with Crippen LogP contribution in [-0.2, 0) is 20.8 Å². The number of nitrogens with zero attached hydrogens (tertiary/aromatic N) is 4. The summed E-state index contributed by atoms with van der Waals surface area (Å²) in [5.74, 6) is 0.558. The molecule has 3 fully saturated rings. The topological polar surface area (TPSA) is 87.8 Å². The normalized spacial score (nSPS) is 26.6. The largest absolute Gasteiger partial charge is 0.376 e. The number of morpholine rings is 1. The predicted molar refractivity (Wildman–Crippen MR) is 137 cm³/mol. The van der Waals surface area contributed by atoms with Crippen LogP contribution in [0.1, 0.15) is 50.3 Å². The van der Waals surface area contributed by atoms with Gasteiger partial charge in [0.25, 0.3) is 11.5 Å². The van der Waals surface area contributed by atoms with E-state index < -0.39 is 0 Å². The lowest BCUT2D eigenvalue weighted by Crippen LogP contribution is -2.48. The molecule has 4 rings (SSSR count). The second-order valence-electron chi connectivity index (χ2n) is 8.99. The third-order valence-corrected chi connectivity index (χ3v) is 7.82. The van der Waals surface area contributed by atoms with Crippen LogP contribution < -0.4 is 10.5 Å². The lowest BCUT2D eigenvalue weighted by molar-refractivity contribution is -0.123. The highest BCUT2D eigenvalue weighted by Crippen LogP contribution is 2.37. The summed E-state index contributed by atoms with van der Waals surface area (Å²) < 4.78 is 13.7. The van der Waals surface area contributed by atoms with Crippen molar-refractivity contribution in [2.75, 3.05) is 31.1 Å². The fraction of sp³-hybridized carbons (Fsp3) is 0.583. The highest BCUT2D eigenvalue weighted by atomic mass is 32.2. The van der Waals surface area contributed by atoms with Crippen LogP contribution in [0.5, 0.6) is 0 Å². The fourth-order valence-corrected chi connectivity index (χ4v) is 6.17. The molecule has 0 bridgehead atoms. The molecule has 3 saturated heterocycles. The minimum atomic E-state index is -0.313. The minimum Gasteiger partial charge on any atom is -0.376 e. The van der Waals surface area contributed by atoms with Gasteiger partial charge < -0.3 is 14.4 Å². The maximum atomic E-state index is 13.3. The highest BCUT2D eigenvalue weighted by molar-refractivity contribution is 8.26. The van der Waals surface area contributed by atoms with E-state index in [9.17, 15) is 14.9 Å². The van der Waals surface area contributed by atoms with Crippen molar-refractivity contribution in [1.29, 1.82) is 5.26 Å². The number of hydrogen-bond donors (Lipinski definition) is 0. The van der Waals surface area contributed by atoms with E-state index in [0.29, 0.717) is 53.1 Å². The summed E-state index contributed by atoms with van der Waals surface area (Å²) in [7, 11) is 0. The Kier molecular flexibility index (Phi) is 7.48. The van der Waals surface area contributed by atoms with Gasteiger partial charge in [0.05, 0.1) is 29.8 Å². The molecule has 3 atom stereocenters. The second-order valence-corrected chi connectivity index (χ2v) is 10.7. The number of ether oxygens (including phenoxy) is 2. The molecule has 1 aromatic heterocycles. The lowest BCUT2D eigenvalue weighted by atomic mass is 10.0. The van der Waals surface area contributed by atoms with Crippen LogP contribution in [0, 0.1) is 18.3 Å². The standard InChI is InChI=1S/C24H30N4O4S2/c1-5-27-21(26-11-14(2)32-15(3)12-26)18(16(4)19(10-25)22(27)29)9-20-23(30)28(24(33)34-20)13-17-7-6-8-31-17/h9,14-15,17H,5-8,11-13H2,1-4H3. The number of pyridine rings is 1. The summed E-state index contributed by atoms with van der Waals surface area (Å²) in [5, 5.41) is 9.75. The van der Waals surface area contributed by atoms with E-state index in [4.69, 9.17) is 21.7 Å². The van der Waals surface area contributed by atoms with Gasteiger partial charge in [-0.15, -0.1) is 0 Å². The summed E-state index contributed by atoms with van der Waals surface area (Å²) in [6.45, 7) is 10.5. The number of rotatable bonds is 5. The number of anilines is 1. The molecular formula is C24H30N4O4S2. The summed E-state index contributed by atoms with van der Waals surface area (Å²) in [6.07, 6.45) is 3.68. The van der Waals surface area contributed by atoms with Gasteiger partial charge in [-0.25, -0.2) is 0 Å². The maximum absolute atomic E-state index is 13.3. The van der Waals surface area contributed by atoms with E-state index in [0.717, 1.165) is 18.7 Å². The molecule has 0 spiro atoms. The maximum Gasteiger partial charge on any atom is 0.270 e. The molecule has 3 aliphatic rings. The molecular weight excluding hydrogens is 472 g/mol. The van der Waals surface area contributed by atoms with Crippen molar-refractivity contribution in [1.82, 2.24) is 9.47 Å². The number of hydrogen-bond acceptors (Lipinski definition) is 8. The molecule has 1 amide bonds. The van der Waals surface area contributed by atoms with Gasteiger partial charge in [0.1, 0.15) is 21.8 Å². The van der Waals surface area contributed by atoms with Gasteiger partial charge in [-0.2, -0.15) is 5.26 Å². The molecule has 0 N–H and O–H groups in total. The predicted octanol–water partition coefficient (Wildman–Crippen LogP) is 3.04. The smallest absolute Gasteiger partial charge is 0.270 e. The number of thiocarbonyl (C=S) groups is 1. The zero-order valence-corrected chi connectivity index (χ0v) is 21.6. The van der Waals surface area contributed by atoms with E-state index in [2.05, 4.69) is 11.0 Å². The Bertz CT molecular complexity index is 1120. The molecule has 8 nitrogen and oxygen atoms in total. The Hall–Kier alpha value is -2.19. The van der Waals surface area contributed by atoms with Crippen molar-refractivity contribution in [3.05, 3.63) is 31.9 Å². The quantitative estimate of drug-likeness (QED) is 0.449. The molecule has 0 aliphatic carbocycles. The number of aromatic nitrogens is 1. The Morgan fingerprint density at radius 3 is 2.56 bits per heavy atom. The molecule has 3 aliphatic heterocycles. The molecule has 34 heavy (non-hydrogen) atoms. The number of carbonyl (C=O) groups is 1. The van der Waals surface area contributed by atoms with Gasteiger partial charge in [0.2, 0.25) is 0 Å². The number of nitriles is 1. The SMILES string of the molecule is CCn1c(N2CC(C)OC(C)C2)c(C=C2SC(=S)N(CC3CCCO3)C2=O)c(C)c(C#N)c1=O. The number of thioether (sulfide) groups is 1. The van der Waals surface area contributed by atoms with Gasteiger partial charge in [-0.1, -0.05) is 24.0 Å². The zero-order chi connectivity index (χ0) is 24.6. The molecule has 0 radical (unpaired) electrons. The van der Waals surface area contributed by atoms with Crippen molar-refractivity contribution in [2.24, 2.45) is 0 Å². The van der Waals surface area contributed by atoms with Crippen LogP contribution in [0.4, 0.5) is 5.82 Å². The minimum absolute atomic E-state index is 0.00246. The molecule has 182 valence electrons. The lowest BCUT2D eigenvalue weighted by Gasteiger charge is -2.39. The molecule has 10 heteroatoms. The highest BCUT2D eigenvalue weighted by Gasteiger charge is 2.36. The van der Waals surface area contributed by atoms with Gasteiger partial charge in [0.15, 0.2) is 0 Å². The molecule has 4 heterocycles. The fourth-order valence-electron chi connectivity index (χ4n) is 4.91. The molecule has 0 aromatic carbocycles. The van der Waals surface area contributed by atoms with Gasteiger partial charge in [-0.05, 0) is 52.2 Å². The van der Waals surface area contributed by atoms with E-state index in [-0.39, 0.29) is 35.3 Å². The zero-order valence-electron chi connectivity index (χ0n) is 20.0. The Labute approximate surface area is 209 Å². The monoisotopic (exact) mass is 502 g/mol. The van der Waals surface area contributed by atoms with E-state index in [1.165, 1.54) is 11.8 Å². The summed E-state index contributed by atoms with van der Waals surface area (Å²) in [6, 6.07) is 2.08. The Balaban J connectivity index is 1.81. The van der Waals surface area contributed by atoms with Crippen molar-refractivity contribution < 1.29 is 14.3 Å². The van der Waals surface area contributed by atoms with Crippen molar-refractivity contribution in [3.8, 4) is 6.07 Å². The first-order valence-electron chi connectivity index (χ1n) is 11.7. The van der Waals surface area contributed by atoms with Crippen LogP contribution in [0.3, 0.4) is 0 Å². The van der Waals surface area contributed by atoms with E-state index in [1.54, 1.807) is 22.5 Å². The molecule has 0 saturated carbocycles. The van der Waals surface area contributed by atoms with Crippen molar-refractivity contribution in [2.45, 2.75) is 65.4 Å². The number of amides is 1. The first-order chi connectivity index (χ1) is 16.2. The Morgan fingerprint density at radius 1 is 1.26 bits per heavy atom. The van der Waals surface area contributed by atoms with E-state index in [1.807, 2.05) is 20.8 Å². The summed E-state index contributed by atoms with van der Waals surface area (Å²) in [5.41, 5.74) is 1.06. The third-order valence-electron chi connectivity index (χ3n) is 6.44. The first kappa shape index (κ1) is 24.9. The average molecular weight is 503 g/mol. The molecule has 1 aromatic rings. The van der Waals surface area contributed by atoms with Gasteiger partial charge >= 0.3 is 0 Å². The molecule has 3 unspecified atom stereocenters. The van der Waals surface area contributed by atoms with Crippen LogP contribution in [0.15, 0.2) is 9.70 Å². The second kappa shape index (κ2) is 10.2. The van der Waals surface area contributed by atoms with Crippen molar-refractivity contribution in [3.63, 3.8) is 0 Å². The van der Waals surface area contributed by atoms with E-state index >= 15 is 0 Å². The third kappa shape index (κ3) is 4.67. The summed E-state index contributed by atoms with van der Waals surface area (Å²) in [4.78, 5) is 30.7. The number of carbonyl (C=O) groups excluding carboxylic acids is 1. The van der Waals surface area contributed by atoms with Crippen molar-refractivity contribution >= 4 is 46.1 Å². The van der Waals surface area contributed by atoms with Crippen LogP contribution >= 0.6 is 24.0 Å². The average Bonchev–Trinajstić information content (AvgIpc) is 3.39. The van der Waals surface area contributed by atoms with Crippen LogP contribution in [-0.4, -0.2) is 64.2 Å².